The fraction of sp³-hybridized carbons (Fsp3) is 0.333. The minimum Gasteiger partial charge on any atom is -0.264 e. The topological polar surface area (TPSA) is 0 Å². The summed E-state index contributed by atoms with van der Waals surface area (Å²) in [5.74, 6) is -0.594. The van der Waals surface area contributed by atoms with Crippen molar-refractivity contribution in [1.82, 2.24) is 0 Å². The zero-order chi connectivity index (χ0) is 5.98. The Morgan fingerprint density at radius 3 is 2.67 bits per heavy atom. The molecule has 3 heteroatoms. The first-order valence-electron chi connectivity index (χ1n) is 2.38. The summed E-state index contributed by atoms with van der Waals surface area (Å²) >= 11 is 0. The van der Waals surface area contributed by atoms with Gasteiger partial charge in [0.05, 0.1) is 6.17 Å². The molecule has 1 rings (SSSR count). The van der Waals surface area contributed by atoms with Crippen molar-refractivity contribution < 1.29 is 77.7 Å². The fourth-order valence-corrected chi connectivity index (χ4v) is 0.548. The van der Waals surface area contributed by atoms with E-state index in [2.05, 4.69) is 0 Å². The van der Waals surface area contributed by atoms with Crippen LogP contribution in [0.25, 0.3) is 0 Å². The second kappa shape index (κ2) is 5.10. The van der Waals surface area contributed by atoms with Crippen LogP contribution in [0.1, 0.15) is 6.42 Å². The predicted octanol–water partition coefficient (Wildman–Crippen LogP) is -1.06. The van der Waals surface area contributed by atoms with Gasteiger partial charge >= 0.3 is 68.9 Å². The molecular formula is C6H5CsF2. The summed E-state index contributed by atoms with van der Waals surface area (Å²) in [5, 5.41) is 0. The SMILES string of the molecule is FC1=[C-]C(F)CC=C1.[Cs+]. The smallest absolute Gasteiger partial charge is 0.264 e. The minimum absolute atomic E-state index is 0. The van der Waals surface area contributed by atoms with Gasteiger partial charge in [-0.2, -0.15) is 12.2 Å². The van der Waals surface area contributed by atoms with Crippen molar-refractivity contribution in [2.24, 2.45) is 0 Å². The molecule has 0 saturated carbocycles. The van der Waals surface area contributed by atoms with Gasteiger partial charge in [0.1, 0.15) is 0 Å². The molecule has 1 aliphatic rings. The van der Waals surface area contributed by atoms with E-state index in [-0.39, 0.29) is 75.3 Å². The van der Waals surface area contributed by atoms with Crippen molar-refractivity contribution in [3.8, 4) is 0 Å². The van der Waals surface area contributed by atoms with Gasteiger partial charge in [-0.25, -0.2) is 10.5 Å². The van der Waals surface area contributed by atoms with Gasteiger partial charge in [-0.1, -0.05) is 0 Å². The van der Waals surface area contributed by atoms with E-state index in [0.29, 0.717) is 0 Å². The Hall–Kier alpha value is 1.39. The van der Waals surface area contributed by atoms with Gasteiger partial charge in [-0.05, 0) is 12.2 Å². The molecule has 0 amide bonds. The van der Waals surface area contributed by atoms with Crippen LogP contribution in [-0.4, -0.2) is 6.17 Å². The maximum absolute atomic E-state index is 12.0. The molecule has 0 fully saturated rings. The first-order valence-corrected chi connectivity index (χ1v) is 2.38. The normalized spacial score (nSPS) is 24.7. The quantitative estimate of drug-likeness (QED) is 0.480. The molecular weight excluding hydrogens is 243 g/mol. The fourth-order valence-electron chi connectivity index (χ4n) is 0.548. The summed E-state index contributed by atoms with van der Waals surface area (Å²) in [5.41, 5.74) is 0. The molecule has 44 valence electrons. The van der Waals surface area contributed by atoms with E-state index in [9.17, 15) is 8.78 Å². The summed E-state index contributed by atoms with van der Waals surface area (Å²) in [4.78, 5) is 0. The zero-order valence-electron chi connectivity index (χ0n) is 5.20. The number of hydrogen-bond donors (Lipinski definition) is 0. The van der Waals surface area contributed by atoms with E-state index in [0.717, 1.165) is 0 Å². The van der Waals surface area contributed by atoms with Crippen LogP contribution in [0.3, 0.4) is 0 Å². The second-order valence-corrected chi connectivity index (χ2v) is 1.60. The molecule has 0 aliphatic heterocycles. The van der Waals surface area contributed by atoms with Gasteiger partial charge < -0.3 is 0 Å². The van der Waals surface area contributed by atoms with Gasteiger partial charge in [0.15, 0.2) is 0 Å². The average Bonchev–Trinajstić information content (AvgIpc) is 1.64. The molecule has 0 aromatic rings. The molecule has 9 heavy (non-hydrogen) atoms. The first kappa shape index (κ1) is 10.4. The Labute approximate surface area is 112 Å². The molecule has 0 heterocycles. The molecule has 0 aromatic heterocycles. The van der Waals surface area contributed by atoms with Gasteiger partial charge in [-0.15, -0.1) is 0 Å². The predicted molar refractivity (Wildman–Crippen MR) is 26.5 cm³/mol. The molecule has 0 nitrogen and oxygen atoms in total. The third-order valence-electron chi connectivity index (χ3n) is 0.902. The van der Waals surface area contributed by atoms with Crippen molar-refractivity contribution in [2.45, 2.75) is 12.6 Å². The van der Waals surface area contributed by atoms with Crippen molar-refractivity contribution in [1.29, 1.82) is 0 Å². The molecule has 0 radical (unpaired) electrons. The Kier molecular flexibility index (Phi) is 5.88. The summed E-state index contributed by atoms with van der Waals surface area (Å²) in [6.07, 6.45) is 3.67. The van der Waals surface area contributed by atoms with Gasteiger partial charge in [0.2, 0.25) is 0 Å². The Morgan fingerprint density at radius 2 is 2.33 bits per heavy atom. The third-order valence-corrected chi connectivity index (χ3v) is 0.902. The molecule has 0 bridgehead atoms. The Balaban J connectivity index is 0.000000640. The Bertz CT molecular complexity index is 140. The van der Waals surface area contributed by atoms with Crippen molar-refractivity contribution in [3.05, 3.63) is 24.1 Å². The number of alkyl halides is 1. The molecule has 0 aromatic carbocycles. The van der Waals surface area contributed by atoms with E-state index in [1.165, 1.54) is 12.2 Å². The standard InChI is InChI=1S/C6H5F2.Cs/c7-5-2-1-3-6(8)4-5;/h1-2,6H,3H2;/q-1;+1. The second-order valence-electron chi connectivity index (χ2n) is 1.60. The molecule has 1 aliphatic carbocycles. The van der Waals surface area contributed by atoms with Crippen LogP contribution in [0.2, 0.25) is 0 Å². The van der Waals surface area contributed by atoms with Crippen LogP contribution in [0, 0.1) is 6.08 Å². The van der Waals surface area contributed by atoms with Crippen molar-refractivity contribution >= 4 is 0 Å². The number of halogens is 2. The first-order chi connectivity index (χ1) is 3.79. The summed E-state index contributed by atoms with van der Waals surface area (Å²) in [6, 6.07) is 0. The van der Waals surface area contributed by atoms with Gasteiger partial charge in [-0.3, -0.25) is 4.39 Å². The van der Waals surface area contributed by atoms with Crippen molar-refractivity contribution in [3.63, 3.8) is 0 Å². The van der Waals surface area contributed by atoms with Crippen LogP contribution >= 0.6 is 0 Å². The van der Waals surface area contributed by atoms with E-state index in [1.54, 1.807) is 0 Å². The molecule has 1 atom stereocenters. The van der Waals surface area contributed by atoms with E-state index < -0.39 is 12.0 Å². The summed E-state index contributed by atoms with van der Waals surface area (Å²) in [7, 11) is 0. The molecule has 0 N–H and O–H groups in total. The minimum atomic E-state index is -1.24. The summed E-state index contributed by atoms with van der Waals surface area (Å²) < 4.78 is 23.9. The van der Waals surface area contributed by atoms with Crippen LogP contribution in [0.15, 0.2) is 18.0 Å². The van der Waals surface area contributed by atoms with Crippen LogP contribution in [0.5, 0.6) is 0 Å². The van der Waals surface area contributed by atoms with Crippen LogP contribution in [0.4, 0.5) is 8.78 Å². The van der Waals surface area contributed by atoms with E-state index in [4.69, 9.17) is 0 Å². The van der Waals surface area contributed by atoms with Crippen LogP contribution < -0.4 is 68.9 Å². The van der Waals surface area contributed by atoms with Crippen molar-refractivity contribution in [2.75, 3.05) is 0 Å². The molecule has 0 saturated heterocycles. The Morgan fingerprint density at radius 1 is 1.67 bits per heavy atom. The molecule has 0 spiro atoms. The number of rotatable bonds is 0. The van der Waals surface area contributed by atoms with Crippen LogP contribution in [-0.2, 0) is 0 Å². The number of hydrogen-bond acceptors (Lipinski definition) is 0. The largest absolute Gasteiger partial charge is 1.00 e. The molecule has 1 unspecified atom stereocenters. The monoisotopic (exact) mass is 248 g/mol. The third kappa shape index (κ3) is 3.95. The van der Waals surface area contributed by atoms with E-state index >= 15 is 0 Å². The zero-order valence-corrected chi connectivity index (χ0v) is 11.5. The average molecular weight is 248 g/mol. The maximum Gasteiger partial charge on any atom is 1.00 e. The maximum atomic E-state index is 12.0. The van der Waals surface area contributed by atoms with E-state index in [1.807, 2.05) is 6.08 Å². The van der Waals surface area contributed by atoms with Gasteiger partial charge in [0.25, 0.3) is 0 Å². The summed E-state index contributed by atoms with van der Waals surface area (Å²) in [6.45, 7) is 0. The number of allylic oxidation sites excluding steroid dienone is 4. The van der Waals surface area contributed by atoms with Gasteiger partial charge in [0, 0.05) is 0 Å².